The molecule has 0 unspecified atom stereocenters. The van der Waals surface area contributed by atoms with E-state index in [2.05, 4.69) is 31.0 Å². The lowest BCUT2D eigenvalue weighted by molar-refractivity contribution is 0.0721. The minimum absolute atomic E-state index is 0.00565. The molecular weight excluding hydrogens is 342 g/mol. The minimum atomic E-state index is -0.164. The molecule has 0 radical (unpaired) electrons. The molecule has 0 aliphatic carbocycles. The average Bonchev–Trinajstić information content (AvgIpc) is 3.13. The van der Waals surface area contributed by atoms with E-state index >= 15 is 0 Å². The Morgan fingerprint density at radius 1 is 0.963 bits per heavy atom. The SMILES string of the molecule is CC1(C)CN2C(=O)N(c3ccc4c(c3)OCCO4)[C@@H](c3ccccc3)N2C1. The number of hydrogen-bond donors (Lipinski definition) is 0. The zero-order chi connectivity index (χ0) is 18.6. The lowest BCUT2D eigenvalue weighted by Crippen LogP contribution is -2.35. The van der Waals surface area contributed by atoms with Gasteiger partial charge in [-0.05, 0) is 23.1 Å². The Kier molecular flexibility index (Phi) is 3.59. The van der Waals surface area contributed by atoms with Gasteiger partial charge < -0.3 is 9.47 Å². The highest BCUT2D eigenvalue weighted by Gasteiger charge is 2.52. The van der Waals surface area contributed by atoms with Gasteiger partial charge in [0.2, 0.25) is 0 Å². The van der Waals surface area contributed by atoms with E-state index in [0.29, 0.717) is 19.0 Å². The fourth-order valence-corrected chi connectivity index (χ4v) is 4.21. The van der Waals surface area contributed by atoms with Crippen molar-refractivity contribution < 1.29 is 14.3 Å². The summed E-state index contributed by atoms with van der Waals surface area (Å²) in [6.07, 6.45) is -0.164. The molecule has 140 valence electrons. The highest BCUT2D eigenvalue weighted by atomic mass is 16.6. The van der Waals surface area contributed by atoms with E-state index in [4.69, 9.17) is 9.47 Å². The van der Waals surface area contributed by atoms with Crippen molar-refractivity contribution in [2.24, 2.45) is 5.41 Å². The van der Waals surface area contributed by atoms with Crippen molar-refractivity contribution in [1.82, 2.24) is 10.0 Å². The third-order valence-electron chi connectivity index (χ3n) is 5.33. The van der Waals surface area contributed by atoms with Crippen molar-refractivity contribution in [3.63, 3.8) is 0 Å². The van der Waals surface area contributed by atoms with Crippen molar-refractivity contribution in [3.05, 3.63) is 54.1 Å². The lowest BCUT2D eigenvalue weighted by atomic mass is 9.94. The maximum absolute atomic E-state index is 13.4. The molecule has 2 aromatic carbocycles. The van der Waals surface area contributed by atoms with Crippen LogP contribution in [0.2, 0.25) is 0 Å². The van der Waals surface area contributed by atoms with E-state index in [1.807, 2.05) is 46.3 Å². The van der Waals surface area contributed by atoms with Crippen LogP contribution in [0.5, 0.6) is 11.5 Å². The van der Waals surface area contributed by atoms with Gasteiger partial charge in [0.1, 0.15) is 19.4 Å². The second-order valence-electron chi connectivity index (χ2n) is 8.08. The summed E-state index contributed by atoms with van der Waals surface area (Å²) in [7, 11) is 0. The Morgan fingerprint density at radius 3 is 2.48 bits per heavy atom. The van der Waals surface area contributed by atoms with Gasteiger partial charge in [-0.25, -0.2) is 4.79 Å². The molecule has 6 heteroatoms. The van der Waals surface area contributed by atoms with Gasteiger partial charge in [-0.3, -0.25) is 9.91 Å². The Labute approximate surface area is 158 Å². The van der Waals surface area contributed by atoms with Crippen LogP contribution >= 0.6 is 0 Å². The second kappa shape index (κ2) is 5.89. The van der Waals surface area contributed by atoms with Gasteiger partial charge in [0.25, 0.3) is 0 Å². The first-order valence-corrected chi connectivity index (χ1v) is 9.35. The predicted molar refractivity (Wildman–Crippen MR) is 102 cm³/mol. The fourth-order valence-electron chi connectivity index (χ4n) is 4.21. The van der Waals surface area contributed by atoms with E-state index in [-0.39, 0.29) is 17.6 Å². The molecule has 2 fully saturated rings. The zero-order valence-corrected chi connectivity index (χ0v) is 15.6. The third-order valence-corrected chi connectivity index (χ3v) is 5.33. The molecule has 3 heterocycles. The number of hydrogen-bond acceptors (Lipinski definition) is 4. The maximum atomic E-state index is 13.4. The summed E-state index contributed by atoms with van der Waals surface area (Å²) in [5.41, 5.74) is 1.99. The summed E-state index contributed by atoms with van der Waals surface area (Å²) in [6.45, 7) is 7.04. The van der Waals surface area contributed by atoms with Gasteiger partial charge in [-0.1, -0.05) is 44.2 Å². The van der Waals surface area contributed by atoms with E-state index in [9.17, 15) is 4.79 Å². The van der Waals surface area contributed by atoms with Crippen LogP contribution in [0.3, 0.4) is 0 Å². The highest BCUT2D eigenvalue weighted by molar-refractivity contribution is 5.95. The van der Waals surface area contributed by atoms with Gasteiger partial charge in [-0.2, -0.15) is 5.01 Å². The molecule has 2 saturated heterocycles. The fraction of sp³-hybridized carbons (Fsp3) is 0.381. The van der Waals surface area contributed by atoms with Crippen LogP contribution in [0.15, 0.2) is 48.5 Å². The van der Waals surface area contributed by atoms with E-state index in [0.717, 1.165) is 30.1 Å². The van der Waals surface area contributed by atoms with Gasteiger partial charge in [0.15, 0.2) is 11.5 Å². The first-order chi connectivity index (χ1) is 13.0. The quantitative estimate of drug-likeness (QED) is 0.815. The van der Waals surface area contributed by atoms with E-state index < -0.39 is 0 Å². The Bertz CT molecular complexity index is 883. The van der Waals surface area contributed by atoms with Gasteiger partial charge >= 0.3 is 6.03 Å². The van der Waals surface area contributed by atoms with Crippen LogP contribution in [0.4, 0.5) is 10.5 Å². The number of benzene rings is 2. The molecule has 2 amide bonds. The summed E-state index contributed by atoms with van der Waals surface area (Å²) < 4.78 is 11.4. The number of ether oxygens (including phenoxy) is 2. The zero-order valence-electron chi connectivity index (χ0n) is 15.6. The Morgan fingerprint density at radius 2 is 1.70 bits per heavy atom. The molecule has 27 heavy (non-hydrogen) atoms. The van der Waals surface area contributed by atoms with Crippen molar-refractivity contribution in [2.75, 3.05) is 31.2 Å². The van der Waals surface area contributed by atoms with Crippen LogP contribution in [-0.4, -0.2) is 42.4 Å². The standard InChI is InChI=1S/C21H23N3O3/c1-21(2)13-22-19(15-6-4-3-5-7-15)24(20(25)23(22)14-21)16-8-9-17-18(12-16)27-11-10-26-17/h3-9,12,19H,10-11,13-14H2,1-2H3/t19-/m0/s1. The number of nitrogens with zero attached hydrogens (tertiary/aromatic N) is 3. The number of fused-ring (bicyclic) bond motifs is 2. The van der Waals surface area contributed by atoms with Crippen LogP contribution in [0.1, 0.15) is 25.6 Å². The molecule has 6 nitrogen and oxygen atoms in total. The maximum Gasteiger partial charge on any atom is 0.340 e. The van der Waals surface area contributed by atoms with Crippen LogP contribution in [0.25, 0.3) is 0 Å². The first-order valence-electron chi connectivity index (χ1n) is 9.35. The van der Waals surface area contributed by atoms with Crippen LogP contribution < -0.4 is 14.4 Å². The highest BCUT2D eigenvalue weighted by Crippen LogP contribution is 2.46. The molecule has 0 spiro atoms. The monoisotopic (exact) mass is 365 g/mol. The van der Waals surface area contributed by atoms with Gasteiger partial charge in [0.05, 0.1) is 5.69 Å². The molecular formula is C21H23N3O3. The van der Waals surface area contributed by atoms with Crippen molar-refractivity contribution >= 4 is 11.7 Å². The molecule has 3 aliphatic rings. The number of urea groups is 1. The Balaban J connectivity index is 1.59. The molecule has 0 aromatic heterocycles. The van der Waals surface area contributed by atoms with Crippen LogP contribution in [-0.2, 0) is 0 Å². The lowest BCUT2D eigenvalue weighted by Gasteiger charge is -2.30. The molecule has 0 N–H and O–H groups in total. The first kappa shape index (κ1) is 16.4. The predicted octanol–water partition coefficient (Wildman–Crippen LogP) is 3.66. The average molecular weight is 365 g/mol. The van der Waals surface area contributed by atoms with Gasteiger partial charge in [0, 0.05) is 19.2 Å². The second-order valence-corrected chi connectivity index (χ2v) is 8.08. The van der Waals surface area contributed by atoms with Crippen molar-refractivity contribution in [1.29, 1.82) is 0 Å². The van der Waals surface area contributed by atoms with E-state index in [1.165, 1.54) is 0 Å². The summed E-state index contributed by atoms with van der Waals surface area (Å²) in [5, 5.41) is 4.07. The molecule has 3 aliphatic heterocycles. The number of amides is 2. The van der Waals surface area contributed by atoms with Crippen molar-refractivity contribution in [2.45, 2.75) is 20.0 Å². The number of anilines is 1. The molecule has 5 rings (SSSR count). The summed E-state index contributed by atoms with van der Waals surface area (Å²) >= 11 is 0. The summed E-state index contributed by atoms with van der Waals surface area (Å²) in [6, 6.07) is 16.0. The molecule has 0 bridgehead atoms. The number of carbonyl (C=O) groups excluding carboxylic acids is 1. The molecule has 2 aromatic rings. The topological polar surface area (TPSA) is 45.3 Å². The summed E-state index contributed by atoms with van der Waals surface area (Å²) in [4.78, 5) is 15.2. The Hall–Kier alpha value is -2.73. The smallest absolute Gasteiger partial charge is 0.340 e. The summed E-state index contributed by atoms with van der Waals surface area (Å²) in [5.74, 6) is 1.43. The van der Waals surface area contributed by atoms with E-state index in [1.54, 1.807) is 0 Å². The molecule has 0 saturated carbocycles. The molecule has 1 atom stereocenters. The third kappa shape index (κ3) is 2.63. The van der Waals surface area contributed by atoms with Crippen molar-refractivity contribution in [3.8, 4) is 11.5 Å². The van der Waals surface area contributed by atoms with Gasteiger partial charge in [-0.15, -0.1) is 0 Å². The number of hydrazine groups is 1. The number of rotatable bonds is 2. The number of carbonyl (C=O) groups is 1. The van der Waals surface area contributed by atoms with Crippen LogP contribution in [0, 0.1) is 5.41 Å². The minimum Gasteiger partial charge on any atom is -0.486 e. The largest absolute Gasteiger partial charge is 0.486 e. The normalized spacial score (nSPS) is 23.6.